The van der Waals surface area contributed by atoms with E-state index in [9.17, 15) is 13.6 Å². The molecule has 3 rings (SSSR count). The van der Waals surface area contributed by atoms with Crippen LogP contribution in [-0.4, -0.2) is 54.0 Å². The Morgan fingerprint density at radius 2 is 1.89 bits per heavy atom. The molecule has 4 nitrogen and oxygen atoms in total. The Kier molecular flexibility index (Phi) is 6.82. The van der Waals surface area contributed by atoms with Crippen molar-refractivity contribution < 1.29 is 13.6 Å². The van der Waals surface area contributed by atoms with Gasteiger partial charge in [-0.1, -0.05) is 6.07 Å². The predicted molar refractivity (Wildman–Crippen MR) is 102 cm³/mol. The van der Waals surface area contributed by atoms with Gasteiger partial charge in [-0.15, -0.1) is 0 Å². The fourth-order valence-corrected chi connectivity index (χ4v) is 4.30. The maximum Gasteiger partial charge on any atom is 0.224 e. The highest BCUT2D eigenvalue weighted by molar-refractivity contribution is 5.79. The molecule has 0 spiro atoms. The molecule has 0 saturated carbocycles. The van der Waals surface area contributed by atoms with Crippen molar-refractivity contribution in [2.45, 2.75) is 58.2 Å². The van der Waals surface area contributed by atoms with Gasteiger partial charge in [0.25, 0.3) is 0 Å². The molecule has 2 saturated heterocycles. The highest BCUT2D eigenvalue weighted by Gasteiger charge is 2.31. The zero-order valence-corrected chi connectivity index (χ0v) is 16.4. The van der Waals surface area contributed by atoms with E-state index in [0.29, 0.717) is 17.6 Å². The zero-order chi connectivity index (χ0) is 19.4. The van der Waals surface area contributed by atoms with Gasteiger partial charge in [-0.2, -0.15) is 0 Å². The molecule has 0 aliphatic carbocycles. The van der Waals surface area contributed by atoms with E-state index in [1.54, 1.807) is 0 Å². The van der Waals surface area contributed by atoms with Gasteiger partial charge < -0.3 is 10.2 Å². The first-order valence-corrected chi connectivity index (χ1v) is 10.1. The topological polar surface area (TPSA) is 35.6 Å². The van der Waals surface area contributed by atoms with Crippen LogP contribution in [0.3, 0.4) is 0 Å². The Hall–Kier alpha value is -1.53. The molecule has 0 bridgehead atoms. The third kappa shape index (κ3) is 5.26. The van der Waals surface area contributed by atoms with Crippen LogP contribution >= 0.6 is 0 Å². The number of nitrogens with zero attached hydrogens (tertiary/aromatic N) is 2. The van der Waals surface area contributed by atoms with Crippen LogP contribution in [0.25, 0.3) is 0 Å². The summed E-state index contributed by atoms with van der Waals surface area (Å²) >= 11 is 0. The van der Waals surface area contributed by atoms with Crippen molar-refractivity contribution in [3.05, 3.63) is 35.4 Å². The number of halogens is 2. The van der Waals surface area contributed by atoms with Crippen molar-refractivity contribution in [3.63, 3.8) is 0 Å². The van der Waals surface area contributed by atoms with Crippen molar-refractivity contribution in [2.24, 2.45) is 5.92 Å². The molecule has 27 heavy (non-hydrogen) atoms. The van der Waals surface area contributed by atoms with Gasteiger partial charge in [-0.05, 0) is 76.9 Å². The van der Waals surface area contributed by atoms with Crippen LogP contribution in [0.1, 0.15) is 45.1 Å². The molecule has 2 fully saturated rings. The molecule has 2 aliphatic rings. The summed E-state index contributed by atoms with van der Waals surface area (Å²) < 4.78 is 26.3. The lowest BCUT2D eigenvalue weighted by Gasteiger charge is -2.43. The maximum absolute atomic E-state index is 13.3. The third-order valence-corrected chi connectivity index (χ3v) is 6.02. The lowest BCUT2D eigenvalue weighted by atomic mass is 9.93. The number of likely N-dealkylation sites (tertiary alicyclic amines) is 2. The van der Waals surface area contributed by atoms with Crippen molar-refractivity contribution in [1.82, 2.24) is 15.1 Å². The molecule has 0 aromatic heterocycles. The Morgan fingerprint density at radius 1 is 1.15 bits per heavy atom. The largest absolute Gasteiger partial charge is 0.352 e. The average molecular weight is 379 g/mol. The normalized spacial score (nSPS) is 22.9. The molecule has 1 aromatic carbocycles. The number of carbonyl (C=O) groups is 1. The second kappa shape index (κ2) is 9.11. The molecule has 6 heteroatoms. The SMILES string of the molecule is CC(C)N1CCC(N2CCC[C@@H](C(=O)NCc3ccc(F)c(F)c3)C2)CC1. The Balaban J connectivity index is 1.48. The zero-order valence-electron chi connectivity index (χ0n) is 16.4. The minimum absolute atomic E-state index is 0.0176. The van der Waals surface area contributed by atoms with E-state index in [1.807, 2.05) is 0 Å². The molecule has 1 N–H and O–H groups in total. The Labute approximate surface area is 160 Å². The van der Waals surface area contributed by atoms with Gasteiger partial charge in [-0.3, -0.25) is 9.69 Å². The lowest BCUT2D eigenvalue weighted by molar-refractivity contribution is -0.127. The van der Waals surface area contributed by atoms with Crippen LogP contribution < -0.4 is 5.32 Å². The van der Waals surface area contributed by atoms with Crippen LogP contribution in [0, 0.1) is 17.6 Å². The van der Waals surface area contributed by atoms with Crippen LogP contribution in [-0.2, 0) is 11.3 Å². The number of benzene rings is 1. The number of nitrogens with one attached hydrogen (secondary N) is 1. The summed E-state index contributed by atoms with van der Waals surface area (Å²) in [5.41, 5.74) is 0.580. The molecule has 0 unspecified atom stereocenters. The quantitative estimate of drug-likeness (QED) is 0.854. The fourth-order valence-electron chi connectivity index (χ4n) is 4.30. The molecule has 1 aromatic rings. The summed E-state index contributed by atoms with van der Waals surface area (Å²) in [6, 6.07) is 4.92. The van der Waals surface area contributed by atoms with Gasteiger partial charge in [0.1, 0.15) is 0 Å². The summed E-state index contributed by atoms with van der Waals surface area (Å²) in [4.78, 5) is 17.6. The van der Waals surface area contributed by atoms with Crippen LogP contribution in [0.5, 0.6) is 0 Å². The summed E-state index contributed by atoms with van der Waals surface area (Å²) in [6.07, 6.45) is 4.27. The van der Waals surface area contributed by atoms with E-state index in [0.717, 1.165) is 51.2 Å². The second-order valence-corrected chi connectivity index (χ2v) is 8.16. The van der Waals surface area contributed by atoms with Gasteiger partial charge in [0.2, 0.25) is 5.91 Å². The number of carbonyl (C=O) groups excluding carboxylic acids is 1. The predicted octanol–water partition coefficient (Wildman–Crippen LogP) is 3.17. The molecular formula is C21H31F2N3O. The third-order valence-electron chi connectivity index (χ3n) is 6.02. The molecule has 1 amide bonds. The van der Waals surface area contributed by atoms with Crippen molar-refractivity contribution in [3.8, 4) is 0 Å². The Bertz CT molecular complexity index is 644. The highest BCUT2D eigenvalue weighted by Crippen LogP contribution is 2.24. The minimum Gasteiger partial charge on any atom is -0.352 e. The monoisotopic (exact) mass is 379 g/mol. The standard InChI is InChI=1S/C21H31F2N3O/c1-15(2)25-10-7-18(8-11-25)26-9-3-4-17(14-26)21(27)24-13-16-5-6-19(22)20(23)12-16/h5-6,12,15,17-18H,3-4,7-11,13-14H2,1-2H3,(H,24,27)/t17-/m1/s1. The van der Waals surface area contributed by atoms with E-state index in [2.05, 4.69) is 29.0 Å². The van der Waals surface area contributed by atoms with Crippen LogP contribution in [0.2, 0.25) is 0 Å². The van der Waals surface area contributed by atoms with Crippen LogP contribution in [0.15, 0.2) is 18.2 Å². The first kappa shape index (κ1) is 20.2. The van der Waals surface area contributed by atoms with Gasteiger partial charge in [-0.25, -0.2) is 8.78 Å². The van der Waals surface area contributed by atoms with Gasteiger partial charge >= 0.3 is 0 Å². The number of hydrogen-bond acceptors (Lipinski definition) is 3. The first-order chi connectivity index (χ1) is 12.9. The number of amides is 1. The summed E-state index contributed by atoms with van der Waals surface area (Å²) in [6.45, 7) is 8.86. The molecule has 2 heterocycles. The first-order valence-electron chi connectivity index (χ1n) is 10.1. The molecule has 150 valence electrons. The maximum atomic E-state index is 13.3. The summed E-state index contributed by atoms with van der Waals surface area (Å²) in [7, 11) is 0. The highest BCUT2D eigenvalue weighted by atomic mass is 19.2. The second-order valence-electron chi connectivity index (χ2n) is 8.16. The van der Waals surface area contributed by atoms with E-state index < -0.39 is 11.6 Å². The smallest absolute Gasteiger partial charge is 0.224 e. The molecule has 0 radical (unpaired) electrons. The number of piperidine rings is 2. The van der Waals surface area contributed by atoms with Crippen molar-refractivity contribution >= 4 is 5.91 Å². The Morgan fingerprint density at radius 3 is 2.56 bits per heavy atom. The molecule has 2 aliphatic heterocycles. The van der Waals surface area contributed by atoms with E-state index in [1.165, 1.54) is 18.9 Å². The van der Waals surface area contributed by atoms with Gasteiger partial charge in [0, 0.05) is 25.2 Å². The lowest BCUT2D eigenvalue weighted by Crippen LogP contribution is -2.51. The summed E-state index contributed by atoms with van der Waals surface area (Å²) in [5, 5.41) is 2.90. The minimum atomic E-state index is -0.877. The fraction of sp³-hybridized carbons (Fsp3) is 0.667. The number of rotatable bonds is 5. The van der Waals surface area contributed by atoms with E-state index in [4.69, 9.17) is 0 Å². The molecule has 1 atom stereocenters. The van der Waals surface area contributed by atoms with Gasteiger partial charge in [0.15, 0.2) is 11.6 Å². The summed E-state index contributed by atoms with van der Waals surface area (Å²) in [5.74, 6) is -1.74. The van der Waals surface area contributed by atoms with E-state index >= 15 is 0 Å². The number of hydrogen-bond donors (Lipinski definition) is 1. The average Bonchev–Trinajstić information content (AvgIpc) is 2.69. The van der Waals surface area contributed by atoms with Crippen molar-refractivity contribution in [1.29, 1.82) is 0 Å². The van der Waals surface area contributed by atoms with Crippen LogP contribution in [0.4, 0.5) is 8.78 Å². The van der Waals surface area contributed by atoms with E-state index in [-0.39, 0.29) is 18.4 Å². The molecular weight excluding hydrogens is 348 g/mol. The van der Waals surface area contributed by atoms with Gasteiger partial charge in [0.05, 0.1) is 5.92 Å². The van der Waals surface area contributed by atoms with Crippen molar-refractivity contribution in [2.75, 3.05) is 26.2 Å².